The van der Waals surface area contributed by atoms with Gasteiger partial charge >= 0.3 is 0 Å². The maximum absolute atomic E-state index is 12.9. The molecule has 0 N–H and O–H groups in total. The topological polar surface area (TPSA) is 136 Å². The number of amides is 1. The Kier molecular flexibility index (Phi) is 6.98. The van der Waals surface area contributed by atoms with E-state index in [9.17, 15) is 28.1 Å². The number of aromatic nitrogens is 2. The van der Waals surface area contributed by atoms with E-state index in [4.69, 9.17) is 0 Å². The molecule has 178 valence electrons. The van der Waals surface area contributed by atoms with Crippen LogP contribution in [0.15, 0.2) is 29.2 Å². The van der Waals surface area contributed by atoms with Crippen LogP contribution in [0.3, 0.4) is 0 Å². The zero-order chi connectivity index (χ0) is 24.5. The first-order chi connectivity index (χ1) is 15.4. The molecular weight excluding hydrogens is 450 g/mol. The number of nitrogens with zero attached hydrogens (tertiary/aromatic N) is 5. The predicted molar refractivity (Wildman–Crippen MR) is 119 cm³/mol. The van der Waals surface area contributed by atoms with Crippen molar-refractivity contribution in [3.8, 4) is 0 Å². The summed E-state index contributed by atoms with van der Waals surface area (Å²) in [5, 5.41) is 15.4. The number of hydrogen-bond donors (Lipinski definition) is 0. The number of piperazine rings is 1. The second-order valence-corrected chi connectivity index (χ2v) is 10.1. The van der Waals surface area contributed by atoms with Crippen LogP contribution < -0.4 is 0 Å². The number of sulfonamides is 1. The Morgan fingerprint density at radius 1 is 1.18 bits per heavy atom. The molecule has 1 aromatic carbocycles. The van der Waals surface area contributed by atoms with Crippen LogP contribution in [-0.2, 0) is 14.8 Å². The van der Waals surface area contributed by atoms with Gasteiger partial charge in [0.15, 0.2) is 5.78 Å². The van der Waals surface area contributed by atoms with Crippen molar-refractivity contribution >= 4 is 27.4 Å². The highest BCUT2D eigenvalue weighted by Crippen LogP contribution is 2.24. The average molecular weight is 478 g/mol. The molecule has 1 aromatic heterocycles. The summed E-state index contributed by atoms with van der Waals surface area (Å²) in [6.07, 6.45) is 0.164. The fourth-order valence-electron chi connectivity index (χ4n) is 4.15. The molecular formula is C21H27N5O6S. The molecule has 1 aliphatic rings. The third-order valence-electron chi connectivity index (χ3n) is 5.82. The Hall–Kier alpha value is -3.12. The first-order valence-corrected chi connectivity index (χ1v) is 12.0. The summed E-state index contributed by atoms with van der Waals surface area (Å²) in [5.74, 6) is -0.206. The van der Waals surface area contributed by atoms with E-state index in [1.54, 1.807) is 23.4 Å². The fraction of sp³-hybridized carbons (Fsp3) is 0.476. The van der Waals surface area contributed by atoms with Crippen LogP contribution >= 0.6 is 0 Å². The molecule has 12 heteroatoms. The van der Waals surface area contributed by atoms with E-state index in [1.165, 1.54) is 29.4 Å². The number of nitro groups is 1. The molecule has 1 aliphatic heterocycles. The standard InChI is InChI=1S/C21H27N5O6S/c1-14(25-16(3)21(17(4)27)15(2)22-25)12-20(28)23-8-10-24(11-9-23)33(31,32)19-7-5-6-18(13-19)26(29)30/h5-7,13-14H,8-12H2,1-4H3/t14-/m1/s1. The van der Waals surface area contributed by atoms with Crippen molar-refractivity contribution in [1.29, 1.82) is 0 Å². The number of rotatable bonds is 7. The smallest absolute Gasteiger partial charge is 0.270 e. The fourth-order valence-corrected chi connectivity index (χ4v) is 5.62. The van der Waals surface area contributed by atoms with Gasteiger partial charge in [0.25, 0.3) is 5.69 Å². The molecule has 1 atom stereocenters. The van der Waals surface area contributed by atoms with E-state index in [-0.39, 0.29) is 60.9 Å². The Morgan fingerprint density at radius 3 is 2.36 bits per heavy atom. The summed E-state index contributed by atoms with van der Waals surface area (Å²) in [4.78, 5) is 36.5. The molecule has 1 saturated heterocycles. The number of ketones is 1. The van der Waals surface area contributed by atoms with Crippen molar-refractivity contribution in [1.82, 2.24) is 19.0 Å². The van der Waals surface area contributed by atoms with Gasteiger partial charge in [-0.25, -0.2) is 8.42 Å². The lowest BCUT2D eigenvalue weighted by Gasteiger charge is -2.34. The summed E-state index contributed by atoms with van der Waals surface area (Å²) >= 11 is 0. The van der Waals surface area contributed by atoms with E-state index in [2.05, 4.69) is 5.10 Å². The second-order valence-electron chi connectivity index (χ2n) is 8.14. The number of Topliss-reactive ketones (excluding diaryl/α,β-unsaturated/α-hetero) is 1. The van der Waals surface area contributed by atoms with E-state index < -0.39 is 14.9 Å². The van der Waals surface area contributed by atoms with Gasteiger partial charge in [0.1, 0.15) is 0 Å². The molecule has 2 heterocycles. The normalized spacial score (nSPS) is 15.9. The van der Waals surface area contributed by atoms with Gasteiger partial charge in [-0.3, -0.25) is 24.4 Å². The van der Waals surface area contributed by atoms with Crippen LogP contribution in [0.1, 0.15) is 48.1 Å². The van der Waals surface area contributed by atoms with E-state index >= 15 is 0 Å². The summed E-state index contributed by atoms with van der Waals surface area (Å²) in [7, 11) is -3.90. The summed E-state index contributed by atoms with van der Waals surface area (Å²) < 4.78 is 28.7. The molecule has 3 rings (SSSR count). The Labute approximate surface area is 192 Å². The Bertz CT molecular complexity index is 1200. The molecule has 0 saturated carbocycles. The molecule has 0 radical (unpaired) electrons. The first kappa shape index (κ1) is 24.5. The van der Waals surface area contributed by atoms with Crippen LogP contribution in [0.2, 0.25) is 0 Å². The summed E-state index contributed by atoms with van der Waals surface area (Å²) in [5.41, 5.74) is 1.61. The van der Waals surface area contributed by atoms with E-state index in [0.29, 0.717) is 17.0 Å². The average Bonchev–Trinajstić information content (AvgIpc) is 3.08. The van der Waals surface area contributed by atoms with Crippen LogP contribution in [0, 0.1) is 24.0 Å². The first-order valence-electron chi connectivity index (χ1n) is 10.5. The predicted octanol–water partition coefficient (Wildman–Crippen LogP) is 2.09. The van der Waals surface area contributed by atoms with Gasteiger partial charge in [-0.2, -0.15) is 9.40 Å². The number of non-ortho nitro benzene ring substituents is 1. The van der Waals surface area contributed by atoms with Crippen molar-refractivity contribution in [2.24, 2.45) is 0 Å². The summed E-state index contributed by atoms with van der Waals surface area (Å²) in [6, 6.07) is 4.67. The van der Waals surface area contributed by atoms with Gasteiger partial charge in [-0.1, -0.05) is 6.07 Å². The quantitative estimate of drug-likeness (QED) is 0.338. The van der Waals surface area contributed by atoms with Gasteiger partial charge < -0.3 is 4.90 Å². The Balaban J connectivity index is 1.64. The van der Waals surface area contributed by atoms with Gasteiger partial charge in [0.05, 0.1) is 27.1 Å². The van der Waals surface area contributed by atoms with Crippen molar-refractivity contribution < 1.29 is 22.9 Å². The molecule has 0 unspecified atom stereocenters. The lowest BCUT2D eigenvalue weighted by molar-refractivity contribution is -0.385. The van der Waals surface area contributed by atoms with Crippen molar-refractivity contribution in [3.63, 3.8) is 0 Å². The van der Waals surface area contributed by atoms with Gasteiger partial charge in [-0.15, -0.1) is 0 Å². The van der Waals surface area contributed by atoms with Crippen molar-refractivity contribution in [3.05, 3.63) is 51.3 Å². The number of hydrogen-bond acceptors (Lipinski definition) is 7. The highest BCUT2D eigenvalue weighted by molar-refractivity contribution is 7.89. The lowest BCUT2D eigenvalue weighted by Crippen LogP contribution is -2.50. The monoisotopic (exact) mass is 477 g/mol. The zero-order valence-electron chi connectivity index (χ0n) is 19.0. The van der Waals surface area contributed by atoms with Crippen molar-refractivity contribution in [2.45, 2.75) is 45.1 Å². The number of carbonyl (C=O) groups excluding carboxylic acids is 2. The van der Waals surface area contributed by atoms with Gasteiger partial charge in [0.2, 0.25) is 15.9 Å². The van der Waals surface area contributed by atoms with Gasteiger partial charge in [0, 0.05) is 50.4 Å². The largest absolute Gasteiger partial charge is 0.340 e. The van der Waals surface area contributed by atoms with Crippen LogP contribution in [0.4, 0.5) is 5.69 Å². The van der Waals surface area contributed by atoms with Crippen LogP contribution in [0.25, 0.3) is 0 Å². The molecule has 0 spiro atoms. The molecule has 11 nitrogen and oxygen atoms in total. The zero-order valence-corrected chi connectivity index (χ0v) is 19.8. The number of carbonyl (C=O) groups is 2. The lowest BCUT2D eigenvalue weighted by atomic mass is 10.1. The molecule has 2 aromatic rings. The molecule has 33 heavy (non-hydrogen) atoms. The molecule has 1 amide bonds. The molecule has 0 bridgehead atoms. The van der Waals surface area contributed by atoms with E-state index in [0.717, 1.165) is 6.07 Å². The van der Waals surface area contributed by atoms with E-state index in [1.807, 2.05) is 6.92 Å². The Morgan fingerprint density at radius 2 is 1.82 bits per heavy atom. The van der Waals surface area contributed by atoms with Crippen molar-refractivity contribution in [2.75, 3.05) is 26.2 Å². The highest BCUT2D eigenvalue weighted by atomic mass is 32.2. The minimum absolute atomic E-state index is 0.0733. The summed E-state index contributed by atoms with van der Waals surface area (Å²) in [6.45, 7) is 7.53. The van der Waals surface area contributed by atoms with Crippen LogP contribution in [0.5, 0.6) is 0 Å². The number of aryl methyl sites for hydroxylation is 1. The maximum Gasteiger partial charge on any atom is 0.270 e. The molecule has 0 aliphatic carbocycles. The second kappa shape index (κ2) is 9.40. The minimum Gasteiger partial charge on any atom is -0.340 e. The highest BCUT2D eigenvalue weighted by Gasteiger charge is 2.31. The molecule has 1 fully saturated rings. The minimum atomic E-state index is -3.90. The number of benzene rings is 1. The van der Waals surface area contributed by atoms with Crippen LogP contribution in [-0.4, -0.2) is 70.2 Å². The third kappa shape index (κ3) is 4.96. The third-order valence-corrected chi connectivity index (χ3v) is 7.72. The maximum atomic E-state index is 12.9. The SMILES string of the molecule is CC(=O)c1c(C)nn([C@H](C)CC(=O)N2CCN(S(=O)(=O)c3cccc([N+](=O)[O-])c3)CC2)c1C. The van der Waals surface area contributed by atoms with Gasteiger partial charge in [-0.05, 0) is 33.8 Å². The number of nitro benzene ring substituents is 1.